The summed E-state index contributed by atoms with van der Waals surface area (Å²) in [6.07, 6.45) is 16.2. The van der Waals surface area contributed by atoms with Crippen molar-refractivity contribution in [3.8, 4) is 0 Å². The van der Waals surface area contributed by atoms with Crippen molar-refractivity contribution in [2.24, 2.45) is 39.9 Å². The molecule has 4 aliphatic rings. The summed E-state index contributed by atoms with van der Waals surface area (Å²) in [6, 6.07) is 0. The molecule has 24 heavy (non-hydrogen) atoms. The fourth-order valence-electron chi connectivity index (χ4n) is 8.53. The molecular formula is C24H40. The molecular weight excluding hydrogens is 288 g/mol. The molecule has 0 aliphatic heterocycles. The van der Waals surface area contributed by atoms with E-state index in [1.54, 1.807) is 12.0 Å². The summed E-state index contributed by atoms with van der Waals surface area (Å²) in [5.74, 6) is 4.08. The van der Waals surface area contributed by atoms with Gasteiger partial charge in [0.05, 0.1) is 0 Å². The zero-order valence-corrected chi connectivity index (χ0v) is 16.8. The standard InChI is InChI=1S/C24H40/c1-6-17(2)23(4)15-13-21-19-11-10-18-9-7-8-14-22(18,3)20(19)12-16-24(21,23)5/h18-21H,2,6-16H2,1,3-5H3. The first-order chi connectivity index (χ1) is 11.4. The minimum absolute atomic E-state index is 0.404. The van der Waals surface area contributed by atoms with E-state index in [1.807, 2.05) is 0 Å². The molecule has 0 nitrogen and oxygen atoms in total. The van der Waals surface area contributed by atoms with E-state index in [9.17, 15) is 0 Å². The van der Waals surface area contributed by atoms with Gasteiger partial charge >= 0.3 is 0 Å². The zero-order valence-electron chi connectivity index (χ0n) is 16.8. The van der Waals surface area contributed by atoms with Gasteiger partial charge in [0.15, 0.2) is 0 Å². The third-order valence-corrected chi connectivity index (χ3v) is 10.4. The fraction of sp³-hybridized carbons (Fsp3) is 0.917. The molecule has 0 bridgehead atoms. The molecule has 4 rings (SSSR count). The molecule has 136 valence electrons. The lowest BCUT2D eigenvalue weighted by Crippen LogP contribution is -2.54. The molecule has 0 aromatic carbocycles. The van der Waals surface area contributed by atoms with Crippen molar-refractivity contribution < 1.29 is 0 Å². The van der Waals surface area contributed by atoms with Gasteiger partial charge in [-0.1, -0.05) is 52.7 Å². The topological polar surface area (TPSA) is 0 Å². The van der Waals surface area contributed by atoms with Gasteiger partial charge in [0.25, 0.3) is 0 Å². The van der Waals surface area contributed by atoms with Crippen molar-refractivity contribution in [3.05, 3.63) is 12.2 Å². The first-order valence-electron chi connectivity index (χ1n) is 11.0. The second kappa shape index (κ2) is 5.62. The number of rotatable bonds is 2. The molecule has 0 heteroatoms. The average Bonchev–Trinajstić information content (AvgIpc) is 2.86. The molecule has 7 unspecified atom stereocenters. The van der Waals surface area contributed by atoms with Gasteiger partial charge in [-0.2, -0.15) is 0 Å². The molecule has 0 saturated heterocycles. The maximum atomic E-state index is 4.55. The monoisotopic (exact) mass is 328 g/mol. The Morgan fingerprint density at radius 1 is 0.875 bits per heavy atom. The maximum absolute atomic E-state index is 4.55. The van der Waals surface area contributed by atoms with Crippen LogP contribution in [-0.2, 0) is 0 Å². The van der Waals surface area contributed by atoms with Crippen LogP contribution >= 0.6 is 0 Å². The Kier molecular flexibility index (Phi) is 4.02. The predicted octanol–water partition coefficient (Wildman–Crippen LogP) is 7.39. The summed E-state index contributed by atoms with van der Waals surface area (Å²) >= 11 is 0. The summed E-state index contributed by atoms with van der Waals surface area (Å²) in [7, 11) is 0. The minimum atomic E-state index is 0.404. The SMILES string of the molecule is C=C(CC)C1(C)CCC2C3CCC4CCCCC4(C)C3CCC21C. The number of hydrogen-bond donors (Lipinski definition) is 0. The molecule has 4 fully saturated rings. The third kappa shape index (κ3) is 2.04. The molecule has 0 aromatic heterocycles. The maximum Gasteiger partial charge on any atom is -0.00626 e. The molecule has 0 N–H and O–H groups in total. The van der Waals surface area contributed by atoms with Crippen molar-refractivity contribution in [1.82, 2.24) is 0 Å². The van der Waals surface area contributed by atoms with Crippen LogP contribution in [0.2, 0.25) is 0 Å². The van der Waals surface area contributed by atoms with Crippen molar-refractivity contribution in [1.29, 1.82) is 0 Å². The molecule has 0 radical (unpaired) electrons. The van der Waals surface area contributed by atoms with E-state index in [2.05, 4.69) is 34.3 Å². The highest BCUT2D eigenvalue weighted by atomic mass is 14.7. The molecule has 7 atom stereocenters. The quantitative estimate of drug-likeness (QED) is 0.463. The summed E-state index contributed by atoms with van der Waals surface area (Å²) in [6.45, 7) is 14.8. The van der Waals surface area contributed by atoms with Gasteiger partial charge in [-0.15, -0.1) is 0 Å². The smallest absolute Gasteiger partial charge is 0.00626 e. The predicted molar refractivity (Wildman–Crippen MR) is 104 cm³/mol. The van der Waals surface area contributed by atoms with Gasteiger partial charge in [-0.25, -0.2) is 0 Å². The lowest BCUT2D eigenvalue weighted by atomic mass is 9.43. The molecule has 4 aliphatic carbocycles. The molecule has 0 aromatic rings. The summed E-state index contributed by atoms with van der Waals surface area (Å²) in [5, 5.41) is 0. The Balaban J connectivity index is 1.65. The van der Waals surface area contributed by atoms with Gasteiger partial charge in [-0.3, -0.25) is 0 Å². The van der Waals surface area contributed by atoms with E-state index >= 15 is 0 Å². The highest BCUT2D eigenvalue weighted by molar-refractivity contribution is 5.22. The van der Waals surface area contributed by atoms with Gasteiger partial charge < -0.3 is 0 Å². The fourth-order valence-corrected chi connectivity index (χ4v) is 8.53. The van der Waals surface area contributed by atoms with Crippen LogP contribution in [0, 0.1) is 39.9 Å². The Hall–Kier alpha value is -0.260. The second-order valence-electron chi connectivity index (χ2n) is 10.7. The van der Waals surface area contributed by atoms with Crippen LogP contribution in [0.25, 0.3) is 0 Å². The van der Waals surface area contributed by atoms with E-state index < -0.39 is 0 Å². The average molecular weight is 329 g/mol. The lowest BCUT2D eigenvalue weighted by Gasteiger charge is -2.62. The Labute approximate surface area is 150 Å². The van der Waals surface area contributed by atoms with Gasteiger partial charge in [0.2, 0.25) is 0 Å². The molecule has 0 amide bonds. The second-order valence-corrected chi connectivity index (χ2v) is 10.7. The van der Waals surface area contributed by atoms with E-state index in [0.717, 1.165) is 23.7 Å². The van der Waals surface area contributed by atoms with Crippen LogP contribution < -0.4 is 0 Å². The summed E-state index contributed by atoms with van der Waals surface area (Å²) < 4.78 is 0. The van der Waals surface area contributed by atoms with Gasteiger partial charge in [0.1, 0.15) is 0 Å². The number of fused-ring (bicyclic) bond motifs is 5. The van der Waals surface area contributed by atoms with E-state index in [-0.39, 0.29) is 0 Å². The van der Waals surface area contributed by atoms with Crippen molar-refractivity contribution >= 4 is 0 Å². The van der Waals surface area contributed by atoms with Gasteiger partial charge in [-0.05, 0) is 97.7 Å². The lowest BCUT2D eigenvalue weighted by molar-refractivity contribution is -0.118. The van der Waals surface area contributed by atoms with Crippen LogP contribution in [0.5, 0.6) is 0 Å². The number of allylic oxidation sites excluding steroid dienone is 1. The van der Waals surface area contributed by atoms with Crippen LogP contribution in [0.3, 0.4) is 0 Å². The zero-order chi connectivity index (χ0) is 17.2. The minimum Gasteiger partial charge on any atom is -0.0993 e. The Morgan fingerprint density at radius 2 is 1.62 bits per heavy atom. The first-order valence-corrected chi connectivity index (χ1v) is 11.0. The highest BCUT2D eigenvalue weighted by Crippen LogP contribution is 2.71. The summed E-state index contributed by atoms with van der Waals surface area (Å²) in [5.41, 5.74) is 3.16. The van der Waals surface area contributed by atoms with E-state index in [0.29, 0.717) is 16.2 Å². The van der Waals surface area contributed by atoms with E-state index in [1.165, 1.54) is 64.2 Å². The number of hydrogen-bond acceptors (Lipinski definition) is 0. The third-order valence-electron chi connectivity index (χ3n) is 10.4. The largest absolute Gasteiger partial charge is 0.0993 e. The molecule has 0 heterocycles. The van der Waals surface area contributed by atoms with Gasteiger partial charge in [0, 0.05) is 0 Å². The van der Waals surface area contributed by atoms with Crippen molar-refractivity contribution in [3.63, 3.8) is 0 Å². The van der Waals surface area contributed by atoms with Crippen LogP contribution in [0.4, 0.5) is 0 Å². The molecule has 4 saturated carbocycles. The Morgan fingerprint density at radius 3 is 2.38 bits per heavy atom. The first kappa shape index (κ1) is 17.2. The Bertz CT molecular complexity index is 518. The van der Waals surface area contributed by atoms with Crippen molar-refractivity contribution in [2.45, 2.75) is 98.3 Å². The summed E-state index contributed by atoms with van der Waals surface area (Å²) in [4.78, 5) is 0. The highest BCUT2D eigenvalue weighted by Gasteiger charge is 2.63. The normalized spacial score (nSPS) is 53.8. The molecule has 0 spiro atoms. The van der Waals surface area contributed by atoms with Crippen LogP contribution in [0.15, 0.2) is 12.2 Å². The van der Waals surface area contributed by atoms with E-state index in [4.69, 9.17) is 0 Å². The van der Waals surface area contributed by atoms with Crippen LogP contribution in [-0.4, -0.2) is 0 Å². The van der Waals surface area contributed by atoms with Crippen LogP contribution in [0.1, 0.15) is 98.3 Å². The van der Waals surface area contributed by atoms with Crippen molar-refractivity contribution in [2.75, 3.05) is 0 Å².